The number of hydrogen-bond donors (Lipinski definition) is 1. The molecular weight excluding hydrogens is 214 g/mol. The number of nitrogens with zero attached hydrogens (tertiary/aromatic N) is 2. The van der Waals surface area contributed by atoms with Gasteiger partial charge in [0, 0.05) is 20.1 Å². The van der Waals surface area contributed by atoms with E-state index in [1.165, 1.54) is 0 Å². The molecule has 1 N–H and O–H groups in total. The molecule has 0 aromatic carbocycles. The van der Waals surface area contributed by atoms with Crippen molar-refractivity contribution in [1.82, 2.24) is 10.3 Å². The Bertz CT molecular complexity index is 311. The highest BCUT2D eigenvalue weighted by Gasteiger charge is 2.02. The Labute approximate surface area is 104 Å². The van der Waals surface area contributed by atoms with Gasteiger partial charge in [0.05, 0.1) is 13.3 Å². The molecule has 96 valence electrons. The van der Waals surface area contributed by atoms with Gasteiger partial charge in [-0.15, -0.1) is 0 Å². The molecule has 1 heterocycles. The highest BCUT2D eigenvalue weighted by atomic mass is 16.5. The van der Waals surface area contributed by atoms with E-state index < -0.39 is 0 Å². The minimum absolute atomic E-state index is 0.694. The van der Waals surface area contributed by atoms with Crippen LogP contribution in [0.4, 0.5) is 5.82 Å². The maximum absolute atomic E-state index is 5.08. The van der Waals surface area contributed by atoms with Crippen molar-refractivity contribution in [3.8, 4) is 5.75 Å². The van der Waals surface area contributed by atoms with Gasteiger partial charge in [0.25, 0.3) is 0 Å². The Hall–Kier alpha value is -1.29. The topological polar surface area (TPSA) is 37.4 Å². The number of anilines is 1. The summed E-state index contributed by atoms with van der Waals surface area (Å²) in [4.78, 5) is 6.47. The number of nitrogens with one attached hydrogen (secondary N) is 1. The minimum atomic E-state index is 0.694. The van der Waals surface area contributed by atoms with Crippen LogP contribution in [-0.4, -0.2) is 38.8 Å². The summed E-state index contributed by atoms with van der Waals surface area (Å²) >= 11 is 0. The molecule has 0 saturated heterocycles. The van der Waals surface area contributed by atoms with Crippen molar-refractivity contribution in [2.75, 3.05) is 38.7 Å². The Kier molecular flexibility index (Phi) is 5.77. The van der Waals surface area contributed by atoms with Crippen molar-refractivity contribution in [3.05, 3.63) is 18.3 Å². The van der Waals surface area contributed by atoms with Gasteiger partial charge in [0.2, 0.25) is 0 Å². The number of ether oxygens (including phenoxy) is 1. The molecule has 4 nitrogen and oxygen atoms in total. The lowest BCUT2D eigenvalue weighted by atomic mass is 10.2. The molecule has 17 heavy (non-hydrogen) atoms. The second-order valence-corrected chi connectivity index (χ2v) is 4.58. The van der Waals surface area contributed by atoms with Crippen molar-refractivity contribution in [2.24, 2.45) is 5.92 Å². The highest BCUT2D eigenvalue weighted by molar-refractivity contribution is 5.39. The summed E-state index contributed by atoms with van der Waals surface area (Å²) in [6.45, 7) is 7.40. The lowest BCUT2D eigenvalue weighted by Crippen LogP contribution is -2.31. The van der Waals surface area contributed by atoms with E-state index in [1.807, 2.05) is 19.2 Å². The molecule has 0 unspecified atom stereocenters. The van der Waals surface area contributed by atoms with Gasteiger partial charge in [-0.2, -0.15) is 0 Å². The first-order valence-electron chi connectivity index (χ1n) is 6.05. The summed E-state index contributed by atoms with van der Waals surface area (Å²) in [5, 5.41) is 3.41. The third-order valence-electron chi connectivity index (χ3n) is 2.52. The van der Waals surface area contributed by atoms with Gasteiger partial charge in [-0.3, -0.25) is 0 Å². The lowest BCUT2D eigenvalue weighted by Gasteiger charge is -2.18. The fraction of sp³-hybridized carbons (Fsp3) is 0.615. The molecule has 0 bridgehead atoms. The van der Waals surface area contributed by atoms with Crippen LogP contribution in [0.25, 0.3) is 0 Å². The molecule has 0 fully saturated rings. The molecule has 1 aromatic rings. The Morgan fingerprint density at radius 1 is 1.41 bits per heavy atom. The Morgan fingerprint density at radius 2 is 2.18 bits per heavy atom. The maximum atomic E-state index is 5.08. The first-order valence-corrected chi connectivity index (χ1v) is 6.05. The molecular formula is C13H23N3O. The van der Waals surface area contributed by atoms with Crippen LogP contribution in [0.15, 0.2) is 18.3 Å². The second-order valence-electron chi connectivity index (χ2n) is 4.58. The Balaban J connectivity index is 2.33. The number of hydrogen-bond acceptors (Lipinski definition) is 4. The van der Waals surface area contributed by atoms with E-state index in [0.717, 1.165) is 31.2 Å². The molecule has 0 aliphatic rings. The van der Waals surface area contributed by atoms with Gasteiger partial charge in [-0.25, -0.2) is 4.98 Å². The average Bonchev–Trinajstić information content (AvgIpc) is 2.34. The number of likely N-dealkylation sites (N-methyl/N-ethyl adjacent to an activating group) is 1. The summed E-state index contributed by atoms with van der Waals surface area (Å²) in [6.07, 6.45) is 1.74. The molecule has 4 heteroatoms. The van der Waals surface area contributed by atoms with E-state index in [2.05, 4.69) is 29.0 Å². The molecule has 0 atom stereocenters. The van der Waals surface area contributed by atoms with Crippen molar-refractivity contribution < 1.29 is 4.74 Å². The lowest BCUT2D eigenvalue weighted by molar-refractivity contribution is 0.413. The summed E-state index contributed by atoms with van der Waals surface area (Å²) in [5.41, 5.74) is 0. The normalized spacial score (nSPS) is 10.6. The van der Waals surface area contributed by atoms with Gasteiger partial charge < -0.3 is 15.0 Å². The number of pyridine rings is 1. The monoisotopic (exact) mass is 237 g/mol. The first kappa shape index (κ1) is 13.8. The van der Waals surface area contributed by atoms with E-state index in [4.69, 9.17) is 4.74 Å². The van der Waals surface area contributed by atoms with Crippen molar-refractivity contribution in [2.45, 2.75) is 13.8 Å². The molecule has 1 aromatic heterocycles. The SMILES string of the molecule is COc1ccc(N(C)CCNCC(C)C)nc1. The van der Waals surface area contributed by atoms with Gasteiger partial charge in [-0.1, -0.05) is 13.8 Å². The fourth-order valence-corrected chi connectivity index (χ4v) is 1.47. The summed E-state index contributed by atoms with van der Waals surface area (Å²) in [5.74, 6) is 2.46. The molecule has 0 aliphatic heterocycles. The summed E-state index contributed by atoms with van der Waals surface area (Å²) < 4.78 is 5.08. The predicted octanol–water partition coefficient (Wildman–Crippen LogP) is 1.77. The van der Waals surface area contributed by atoms with E-state index in [-0.39, 0.29) is 0 Å². The molecule has 0 spiro atoms. The van der Waals surface area contributed by atoms with Crippen LogP contribution in [0.2, 0.25) is 0 Å². The average molecular weight is 237 g/mol. The van der Waals surface area contributed by atoms with Crippen LogP contribution in [-0.2, 0) is 0 Å². The zero-order chi connectivity index (χ0) is 12.7. The van der Waals surface area contributed by atoms with Crippen LogP contribution >= 0.6 is 0 Å². The number of methoxy groups -OCH3 is 1. The van der Waals surface area contributed by atoms with Gasteiger partial charge >= 0.3 is 0 Å². The minimum Gasteiger partial charge on any atom is -0.495 e. The van der Waals surface area contributed by atoms with Crippen molar-refractivity contribution in [3.63, 3.8) is 0 Å². The quantitative estimate of drug-likeness (QED) is 0.733. The van der Waals surface area contributed by atoms with Crippen molar-refractivity contribution in [1.29, 1.82) is 0 Å². The van der Waals surface area contributed by atoms with Gasteiger partial charge in [0.15, 0.2) is 0 Å². The molecule has 0 aliphatic carbocycles. The number of aromatic nitrogens is 1. The zero-order valence-electron chi connectivity index (χ0n) is 11.2. The maximum Gasteiger partial charge on any atom is 0.137 e. The van der Waals surface area contributed by atoms with E-state index in [1.54, 1.807) is 13.3 Å². The molecule has 0 saturated carbocycles. The van der Waals surface area contributed by atoms with Crippen LogP contribution in [0.5, 0.6) is 5.75 Å². The summed E-state index contributed by atoms with van der Waals surface area (Å²) in [7, 11) is 3.70. The van der Waals surface area contributed by atoms with E-state index in [9.17, 15) is 0 Å². The molecule has 0 radical (unpaired) electrons. The van der Waals surface area contributed by atoms with Gasteiger partial charge in [-0.05, 0) is 24.6 Å². The van der Waals surface area contributed by atoms with Gasteiger partial charge in [0.1, 0.15) is 11.6 Å². The Morgan fingerprint density at radius 3 is 2.71 bits per heavy atom. The highest BCUT2D eigenvalue weighted by Crippen LogP contribution is 2.13. The third-order valence-corrected chi connectivity index (χ3v) is 2.52. The fourth-order valence-electron chi connectivity index (χ4n) is 1.47. The zero-order valence-corrected chi connectivity index (χ0v) is 11.2. The molecule has 0 amide bonds. The first-order chi connectivity index (χ1) is 8.13. The number of rotatable bonds is 7. The standard InChI is InChI=1S/C13H23N3O/c1-11(2)9-14-7-8-16(3)13-6-5-12(17-4)10-15-13/h5-6,10-11,14H,7-9H2,1-4H3. The predicted molar refractivity (Wildman–Crippen MR) is 71.8 cm³/mol. The smallest absolute Gasteiger partial charge is 0.137 e. The second kappa shape index (κ2) is 7.12. The third kappa shape index (κ3) is 5.04. The molecule has 1 rings (SSSR count). The largest absolute Gasteiger partial charge is 0.495 e. The van der Waals surface area contributed by atoms with Crippen LogP contribution in [0.1, 0.15) is 13.8 Å². The van der Waals surface area contributed by atoms with Crippen molar-refractivity contribution >= 4 is 5.82 Å². The van der Waals surface area contributed by atoms with Crippen LogP contribution in [0, 0.1) is 5.92 Å². The van der Waals surface area contributed by atoms with E-state index >= 15 is 0 Å². The van der Waals surface area contributed by atoms with Crippen LogP contribution in [0.3, 0.4) is 0 Å². The summed E-state index contributed by atoms with van der Waals surface area (Å²) in [6, 6.07) is 3.90. The van der Waals surface area contributed by atoms with Crippen LogP contribution < -0.4 is 15.0 Å². The van der Waals surface area contributed by atoms with E-state index in [0.29, 0.717) is 5.92 Å².